The van der Waals surface area contributed by atoms with Crippen molar-refractivity contribution in [3.8, 4) is 0 Å². The van der Waals surface area contributed by atoms with Crippen LogP contribution < -0.4 is 0 Å². The minimum absolute atomic E-state index is 0.109. The van der Waals surface area contributed by atoms with Crippen LogP contribution in [0.3, 0.4) is 0 Å². The summed E-state index contributed by atoms with van der Waals surface area (Å²) in [5, 5.41) is 4.47. The molecule has 2 amide bonds. The van der Waals surface area contributed by atoms with Gasteiger partial charge in [0, 0.05) is 37.5 Å². The first-order valence-corrected chi connectivity index (χ1v) is 15.2. The maximum atomic E-state index is 13.4. The molecule has 0 N–H and O–H groups in total. The van der Waals surface area contributed by atoms with E-state index >= 15 is 0 Å². The largest absolute Gasteiger partial charge is 0.444 e. The molecule has 9 nitrogen and oxygen atoms in total. The van der Waals surface area contributed by atoms with Gasteiger partial charge in [-0.15, -0.1) is 0 Å². The molecular formula is C32H44N4O5. The Morgan fingerprint density at radius 3 is 2.20 bits per heavy atom. The summed E-state index contributed by atoms with van der Waals surface area (Å²) in [7, 11) is 0. The van der Waals surface area contributed by atoms with Gasteiger partial charge in [0.2, 0.25) is 5.89 Å². The Balaban J connectivity index is 1.12. The lowest BCUT2D eigenvalue weighted by molar-refractivity contribution is 0.0207. The summed E-state index contributed by atoms with van der Waals surface area (Å²) in [6, 6.07) is 10.5. The summed E-state index contributed by atoms with van der Waals surface area (Å²) in [6.45, 7) is 13.4. The van der Waals surface area contributed by atoms with Gasteiger partial charge in [0.1, 0.15) is 11.2 Å². The minimum atomic E-state index is -0.567. The van der Waals surface area contributed by atoms with Crippen LogP contribution >= 0.6 is 0 Å². The molecule has 222 valence electrons. The van der Waals surface area contributed by atoms with E-state index in [9.17, 15) is 9.59 Å². The van der Waals surface area contributed by atoms with Gasteiger partial charge in [0.15, 0.2) is 5.82 Å². The Morgan fingerprint density at radius 2 is 1.61 bits per heavy atom. The molecule has 1 aromatic heterocycles. The van der Waals surface area contributed by atoms with Crippen LogP contribution in [-0.2, 0) is 14.9 Å². The molecule has 4 aliphatic rings. The summed E-state index contributed by atoms with van der Waals surface area (Å²) in [6.07, 6.45) is 4.16. The Morgan fingerprint density at radius 1 is 0.976 bits per heavy atom. The summed E-state index contributed by atoms with van der Waals surface area (Å²) in [4.78, 5) is 34.7. The van der Waals surface area contributed by atoms with Crippen molar-refractivity contribution in [1.29, 1.82) is 0 Å². The highest BCUT2D eigenvalue weighted by atomic mass is 16.6. The van der Waals surface area contributed by atoms with E-state index < -0.39 is 11.2 Å². The third-order valence-corrected chi connectivity index (χ3v) is 9.01. The average molecular weight is 565 g/mol. The second kappa shape index (κ2) is 10.0. The van der Waals surface area contributed by atoms with E-state index in [1.54, 1.807) is 0 Å². The van der Waals surface area contributed by atoms with Crippen LogP contribution in [0, 0.1) is 11.8 Å². The molecule has 0 bridgehead atoms. The number of ether oxygens (including phenoxy) is 2. The van der Waals surface area contributed by atoms with Gasteiger partial charge in [0.05, 0.1) is 5.41 Å². The second-order valence-electron chi connectivity index (χ2n) is 14.7. The lowest BCUT2D eigenvalue weighted by atomic mass is 10.0. The number of rotatable bonds is 6. The van der Waals surface area contributed by atoms with Crippen molar-refractivity contribution >= 4 is 12.2 Å². The molecule has 1 saturated heterocycles. The molecule has 6 rings (SSSR count). The molecule has 3 saturated carbocycles. The quantitative estimate of drug-likeness (QED) is 0.409. The number of fused-ring (bicyclic) bond motifs is 1. The van der Waals surface area contributed by atoms with E-state index in [2.05, 4.69) is 29.4 Å². The van der Waals surface area contributed by atoms with Gasteiger partial charge < -0.3 is 23.8 Å². The highest BCUT2D eigenvalue weighted by molar-refractivity contribution is 5.70. The summed E-state index contributed by atoms with van der Waals surface area (Å²) in [5.41, 5.74) is -0.0844. The molecule has 1 aromatic carbocycles. The zero-order valence-corrected chi connectivity index (χ0v) is 25.3. The van der Waals surface area contributed by atoms with Crippen molar-refractivity contribution in [2.24, 2.45) is 11.8 Å². The van der Waals surface area contributed by atoms with E-state index in [1.165, 1.54) is 5.56 Å². The van der Waals surface area contributed by atoms with E-state index in [4.69, 9.17) is 19.0 Å². The van der Waals surface area contributed by atoms with Crippen LogP contribution in [0.25, 0.3) is 0 Å². The van der Waals surface area contributed by atoms with E-state index in [0.29, 0.717) is 36.0 Å². The van der Waals surface area contributed by atoms with Gasteiger partial charge in [0.25, 0.3) is 0 Å². The van der Waals surface area contributed by atoms with Crippen LogP contribution in [0.1, 0.15) is 103 Å². The fraction of sp³-hybridized carbons (Fsp3) is 0.688. The van der Waals surface area contributed by atoms with Gasteiger partial charge >= 0.3 is 12.2 Å². The zero-order chi connectivity index (χ0) is 29.2. The van der Waals surface area contributed by atoms with Crippen molar-refractivity contribution in [1.82, 2.24) is 19.9 Å². The highest BCUT2D eigenvalue weighted by Gasteiger charge is 2.55. The number of carbonyl (C=O) groups excluding carboxylic acids is 2. The predicted molar refractivity (Wildman–Crippen MR) is 152 cm³/mol. The molecule has 41 heavy (non-hydrogen) atoms. The van der Waals surface area contributed by atoms with Crippen molar-refractivity contribution in [3.05, 3.63) is 47.6 Å². The van der Waals surface area contributed by atoms with Crippen molar-refractivity contribution in [2.75, 3.05) is 19.6 Å². The van der Waals surface area contributed by atoms with E-state index in [1.807, 2.05) is 57.4 Å². The molecule has 0 unspecified atom stereocenters. The normalized spacial score (nSPS) is 28.2. The average Bonchev–Trinajstić information content (AvgIpc) is 3.67. The number of hydrogen-bond acceptors (Lipinski definition) is 7. The molecular weight excluding hydrogens is 520 g/mol. The van der Waals surface area contributed by atoms with Gasteiger partial charge in [-0.3, -0.25) is 0 Å². The summed E-state index contributed by atoms with van der Waals surface area (Å²) < 4.78 is 17.3. The SMILES string of the molecule is CC(C)(C)OC(=O)N1C[C@H]2C[C@H](c3nc(C4(CN(C(=O)OC(C)(C)C)[C@@H]5C[C@H]5c5ccccc5)CC4)no3)C[C@H]2C1. The molecule has 9 heteroatoms. The number of aromatic nitrogens is 2. The van der Waals surface area contributed by atoms with Gasteiger partial charge in [-0.1, -0.05) is 35.5 Å². The molecule has 0 spiro atoms. The molecule has 5 atom stereocenters. The smallest absolute Gasteiger partial charge is 0.410 e. The van der Waals surface area contributed by atoms with Crippen molar-refractivity contribution in [3.63, 3.8) is 0 Å². The standard InChI is InChI=1S/C32H44N4O5/c1-30(2,3)39-28(37)35-17-22-14-21(15-23(22)18-35)26-33-27(34-41-26)32(12-13-32)19-36(29(38)40-31(4,5)6)25-16-24(25)20-10-8-7-9-11-20/h7-11,21-25H,12-19H2,1-6H3/t21-,22+,23-,24-,25+/m0/s1. The first-order chi connectivity index (χ1) is 19.3. The van der Waals surface area contributed by atoms with Gasteiger partial charge in [-0.2, -0.15) is 4.98 Å². The van der Waals surface area contributed by atoms with Gasteiger partial charge in [-0.05, 0) is 91.0 Å². The number of carbonyl (C=O) groups is 2. The minimum Gasteiger partial charge on any atom is -0.444 e. The summed E-state index contributed by atoms with van der Waals surface area (Å²) >= 11 is 0. The fourth-order valence-corrected chi connectivity index (χ4v) is 6.75. The number of nitrogens with zero attached hydrogens (tertiary/aromatic N) is 4. The number of hydrogen-bond donors (Lipinski definition) is 0. The van der Waals surface area contributed by atoms with E-state index in [0.717, 1.165) is 45.2 Å². The van der Waals surface area contributed by atoms with Crippen molar-refractivity contribution in [2.45, 2.75) is 108 Å². The first kappa shape index (κ1) is 28.0. The van der Waals surface area contributed by atoms with Crippen LogP contribution in [0.2, 0.25) is 0 Å². The Bertz CT molecular complexity index is 1260. The fourth-order valence-electron chi connectivity index (χ4n) is 6.75. The lowest BCUT2D eigenvalue weighted by Gasteiger charge is -2.30. The predicted octanol–water partition coefficient (Wildman–Crippen LogP) is 6.25. The molecule has 2 heterocycles. The second-order valence-corrected chi connectivity index (χ2v) is 14.7. The third-order valence-electron chi connectivity index (χ3n) is 9.01. The van der Waals surface area contributed by atoms with Crippen LogP contribution in [-0.4, -0.2) is 69.0 Å². The lowest BCUT2D eigenvalue weighted by Crippen LogP contribution is -2.43. The summed E-state index contributed by atoms with van der Waals surface area (Å²) in [5.74, 6) is 2.77. The maximum absolute atomic E-state index is 13.4. The topological polar surface area (TPSA) is 98.0 Å². The number of amides is 2. The molecule has 2 aromatic rings. The Hall–Kier alpha value is -3.10. The van der Waals surface area contributed by atoms with E-state index in [-0.39, 0.29) is 29.6 Å². The van der Waals surface area contributed by atoms with Crippen molar-refractivity contribution < 1.29 is 23.6 Å². The third kappa shape index (κ3) is 6.09. The van der Waals surface area contributed by atoms with Crippen LogP contribution in [0.4, 0.5) is 9.59 Å². The van der Waals surface area contributed by atoms with Gasteiger partial charge in [-0.25, -0.2) is 9.59 Å². The molecule has 0 radical (unpaired) electrons. The molecule has 1 aliphatic heterocycles. The maximum Gasteiger partial charge on any atom is 0.410 e. The molecule has 4 fully saturated rings. The van der Waals surface area contributed by atoms with Crippen LogP contribution in [0.5, 0.6) is 0 Å². The highest BCUT2D eigenvalue weighted by Crippen LogP contribution is 2.53. The monoisotopic (exact) mass is 564 g/mol. The molecule has 3 aliphatic carbocycles. The number of benzene rings is 1. The zero-order valence-electron chi connectivity index (χ0n) is 25.3. The first-order valence-electron chi connectivity index (χ1n) is 15.2. The van der Waals surface area contributed by atoms with Crippen LogP contribution in [0.15, 0.2) is 34.9 Å². The number of likely N-dealkylation sites (tertiary alicyclic amines) is 1. The Labute approximate surface area is 242 Å². The Kier molecular flexibility index (Phi) is 6.85.